The van der Waals surface area contributed by atoms with Crippen molar-refractivity contribution in [2.45, 2.75) is 53.0 Å². The van der Waals surface area contributed by atoms with Crippen molar-refractivity contribution < 1.29 is 41.9 Å². The Morgan fingerprint density at radius 3 is 1.46 bits per heavy atom. The molecule has 0 aliphatic heterocycles. The van der Waals surface area contributed by atoms with Gasteiger partial charge in [-0.3, -0.25) is 14.4 Å². The monoisotopic (exact) mass is 392 g/mol. The molecule has 0 unspecified atom stereocenters. The Labute approximate surface area is 154 Å². The van der Waals surface area contributed by atoms with Crippen molar-refractivity contribution in [1.82, 2.24) is 0 Å². The standard InChI is InChI=1S/C16H28O9Si/c1-13(17)7-5-8-21-10-11-22-9-6-12-26(23-14(2)18,24-15(3)19)25-16(4)20/h5-12H2,1-4H3. The Kier molecular flexibility index (Phi) is 12.5. The lowest BCUT2D eigenvalue weighted by atomic mass is 10.2. The van der Waals surface area contributed by atoms with Gasteiger partial charge in [0.2, 0.25) is 0 Å². The van der Waals surface area contributed by atoms with E-state index in [2.05, 4.69) is 0 Å². The zero-order chi connectivity index (χ0) is 20.0. The van der Waals surface area contributed by atoms with Gasteiger partial charge in [-0.15, -0.1) is 0 Å². The van der Waals surface area contributed by atoms with Gasteiger partial charge in [0.15, 0.2) is 0 Å². The van der Waals surface area contributed by atoms with Crippen molar-refractivity contribution in [2.75, 3.05) is 26.4 Å². The summed E-state index contributed by atoms with van der Waals surface area (Å²) in [5.41, 5.74) is 0. The van der Waals surface area contributed by atoms with Crippen LogP contribution >= 0.6 is 0 Å². The average molecular weight is 392 g/mol. The number of carbonyl (C=O) groups excluding carboxylic acids is 4. The van der Waals surface area contributed by atoms with Crippen LogP contribution in [-0.2, 0) is 41.9 Å². The van der Waals surface area contributed by atoms with E-state index in [0.717, 1.165) is 20.8 Å². The minimum absolute atomic E-state index is 0.0746. The third-order valence-electron chi connectivity index (χ3n) is 2.86. The molecule has 9 nitrogen and oxygen atoms in total. The summed E-state index contributed by atoms with van der Waals surface area (Å²) in [4.78, 5) is 44.6. The molecule has 0 saturated heterocycles. The average Bonchev–Trinajstić information content (AvgIpc) is 2.46. The molecule has 0 amide bonds. The quantitative estimate of drug-likeness (QED) is 0.319. The van der Waals surface area contributed by atoms with Crippen molar-refractivity contribution in [3.05, 3.63) is 0 Å². The molecule has 26 heavy (non-hydrogen) atoms. The van der Waals surface area contributed by atoms with Crippen LogP contribution in [0.3, 0.4) is 0 Å². The number of ether oxygens (including phenoxy) is 2. The molecule has 0 N–H and O–H groups in total. The fourth-order valence-electron chi connectivity index (χ4n) is 2.01. The second-order valence-corrected chi connectivity index (χ2v) is 8.08. The third kappa shape index (κ3) is 13.5. The van der Waals surface area contributed by atoms with Gasteiger partial charge in [-0.1, -0.05) is 0 Å². The molecule has 0 aromatic carbocycles. The number of hydrogen-bond donors (Lipinski definition) is 0. The van der Waals surface area contributed by atoms with Crippen molar-refractivity contribution >= 4 is 32.5 Å². The minimum Gasteiger partial charge on any atom is -0.455 e. The van der Waals surface area contributed by atoms with Crippen LogP contribution in [0.2, 0.25) is 6.04 Å². The van der Waals surface area contributed by atoms with Crippen LogP contribution in [0.15, 0.2) is 0 Å². The van der Waals surface area contributed by atoms with E-state index in [1.54, 1.807) is 0 Å². The van der Waals surface area contributed by atoms with Crippen molar-refractivity contribution in [1.29, 1.82) is 0 Å². The summed E-state index contributed by atoms with van der Waals surface area (Å²) in [6, 6.07) is 0.0746. The highest BCUT2D eigenvalue weighted by molar-refractivity contribution is 6.65. The number of ketones is 1. The molecule has 0 atom stereocenters. The number of carbonyl (C=O) groups is 4. The van der Waals surface area contributed by atoms with E-state index < -0.39 is 26.7 Å². The maximum absolute atomic E-state index is 11.3. The topological polar surface area (TPSA) is 114 Å². The van der Waals surface area contributed by atoms with Gasteiger partial charge < -0.3 is 27.5 Å². The van der Waals surface area contributed by atoms with Gasteiger partial charge in [-0.05, 0) is 19.8 Å². The van der Waals surface area contributed by atoms with E-state index in [1.807, 2.05) is 0 Å². The molecule has 0 heterocycles. The maximum Gasteiger partial charge on any atom is 0.705 e. The smallest absolute Gasteiger partial charge is 0.455 e. The Balaban J connectivity index is 4.19. The van der Waals surface area contributed by atoms with Crippen LogP contribution in [-0.4, -0.2) is 58.9 Å². The first-order valence-electron chi connectivity index (χ1n) is 8.40. The molecule has 0 radical (unpaired) electrons. The van der Waals surface area contributed by atoms with Gasteiger partial charge in [-0.2, -0.15) is 0 Å². The first-order valence-corrected chi connectivity index (χ1v) is 10.3. The summed E-state index contributed by atoms with van der Waals surface area (Å²) < 4.78 is 25.9. The minimum atomic E-state index is -3.77. The molecule has 0 bridgehead atoms. The first kappa shape index (κ1) is 24.2. The highest BCUT2D eigenvalue weighted by Crippen LogP contribution is 2.19. The largest absolute Gasteiger partial charge is 0.705 e. The summed E-state index contributed by atoms with van der Waals surface area (Å²) in [5, 5.41) is 0. The zero-order valence-electron chi connectivity index (χ0n) is 15.8. The van der Waals surface area contributed by atoms with Gasteiger partial charge >= 0.3 is 8.80 Å². The zero-order valence-corrected chi connectivity index (χ0v) is 16.8. The molecular formula is C16H28O9Si. The third-order valence-corrected chi connectivity index (χ3v) is 5.62. The summed E-state index contributed by atoms with van der Waals surface area (Å²) in [6.45, 7) is 6.49. The number of hydrogen-bond acceptors (Lipinski definition) is 9. The van der Waals surface area contributed by atoms with Gasteiger partial charge in [-0.25, -0.2) is 0 Å². The van der Waals surface area contributed by atoms with Gasteiger partial charge in [0, 0.05) is 40.4 Å². The molecule has 0 aromatic heterocycles. The number of rotatable bonds is 14. The van der Waals surface area contributed by atoms with Crippen LogP contribution in [0.25, 0.3) is 0 Å². The van der Waals surface area contributed by atoms with Crippen LogP contribution in [0.4, 0.5) is 0 Å². The van der Waals surface area contributed by atoms with Gasteiger partial charge in [0.05, 0.1) is 19.3 Å². The van der Waals surface area contributed by atoms with Crippen LogP contribution < -0.4 is 0 Å². The van der Waals surface area contributed by atoms with Crippen LogP contribution in [0.5, 0.6) is 0 Å². The summed E-state index contributed by atoms with van der Waals surface area (Å²) in [5.74, 6) is -1.96. The lowest BCUT2D eigenvalue weighted by Gasteiger charge is -2.26. The molecule has 10 heteroatoms. The fourth-order valence-corrected chi connectivity index (χ4v) is 4.33. The first-order chi connectivity index (χ1) is 12.2. The Morgan fingerprint density at radius 2 is 1.08 bits per heavy atom. The fraction of sp³-hybridized carbons (Fsp3) is 0.750. The summed E-state index contributed by atoms with van der Waals surface area (Å²) in [7, 11) is -3.77. The molecule has 0 aliphatic carbocycles. The van der Waals surface area contributed by atoms with Crippen molar-refractivity contribution in [2.24, 2.45) is 0 Å². The predicted octanol–water partition coefficient (Wildman–Crippen LogP) is 1.41. The molecule has 0 spiro atoms. The van der Waals surface area contributed by atoms with E-state index in [9.17, 15) is 19.2 Å². The lowest BCUT2D eigenvalue weighted by Crippen LogP contribution is -2.49. The number of Topliss-reactive ketones (excluding diaryl/α,β-unsaturated/α-hetero) is 1. The Morgan fingerprint density at radius 1 is 0.654 bits per heavy atom. The molecule has 150 valence electrons. The highest BCUT2D eigenvalue weighted by Gasteiger charge is 2.51. The molecular weight excluding hydrogens is 364 g/mol. The lowest BCUT2D eigenvalue weighted by molar-refractivity contribution is -0.147. The normalized spacial score (nSPS) is 10.9. The Bertz CT molecular complexity index is 438. The summed E-state index contributed by atoms with van der Waals surface area (Å²) in [6.07, 6.45) is 1.54. The van der Waals surface area contributed by atoms with E-state index in [4.69, 9.17) is 22.8 Å². The second-order valence-electron chi connectivity index (χ2n) is 5.60. The molecule has 0 rings (SSSR count). The predicted molar refractivity (Wildman–Crippen MR) is 92.0 cm³/mol. The van der Waals surface area contributed by atoms with E-state index in [-0.39, 0.29) is 18.4 Å². The molecule has 0 fully saturated rings. The molecule has 0 aromatic rings. The Hall–Kier alpha value is -1.78. The van der Waals surface area contributed by atoms with Crippen LogP contribution in [0, 0.1) is 0 Å². The van der Waals surface area contributed by atoms with Crippen molar-refractivity contribution in [3.8, 4) is 0 Å². The van der Waals surface area contributed by atoms with Gasteiger partial charge in [0.1, 0.15) is 5.78 Å². The maximum atomic E-state index is 11.3. The SMILES string of the molecule is CC(=O)CCCOCCOCCC[Si](OC(C)=O)(OC(C)=O)OC(C)=O. The molecule has 0 saturated carbocycles. The molecule has 0 aliphatic rings. The van der Waals surface area contributed by atoms with Crippen molar-refractivity contribution in [3.63, 3.8) is 0 Å². The summed E-state index contributed by atoms with van der Waals surface area (Å²) >= 11 is 0. The van der Waals surface area contributed by atoms with Crippen LogP contribution in [0.1, 0.15) is 47.0 Å². The van der Waals surface area contributed by atoms with E-state index in [0.29, 0.717) is 39.1 Å². The van der Waals surface area contributed by atoms with E-state index >= 15 is 0 Å². The highest BCUT2D eigenvalue weighted by atomic mass is 28.4. The van der Waals surface area contributed by atoms with Gasteiger partial charge in [0.25, 0.3) is 17.9 Å². The van der Waals surface area contributed by atoms with E-state index in [1.165, 1.54) is 6.92 Å². The second kappa shape index (κ2) is 13.4.